The second kappa shape index (κ2) is 10.8. The van der Waals surface area contributed by atoms with Crippen LogP contribution in [0.3, 0.4) is 0 Å². The summed E-state index contributed by atoms with van der Waals surface area (Å²) in [6, 6.07) is 6.37. The number of pyridine rings is 1. The second-order valence-corrected chi connectivity index (χ2v) is 11.5. The first kappa shape index (κ1) is 28.8. The highest BCUT2D eigenvalue weighted by Gasteiger charge is 2.60. The molecule has 6 rings (SSSR count). The maximum atomic E-state index is 13.5. The van der Waals surface area contributed by atoms with E-state index in [-0.39, 0.29) is 40.7 Å². The Morgan fingerprint density at radius 3 is 2.55 bits per heavy atom. The number of ether oxygens (including phenoxy) is 1. The van der Waals surface area contributed by atoms with Gasteiger partial charge in [0.15, 0.2) is 0 Å². The summed E-state index contributed by atoms with van der Waals surface area (Å²) in [6.45, 7) is 3.16. The van der Waals surface area contributed by atoms with Gasteiger partial charge in [-0.15, -0.1) is 11.3 Å². The van der Waals surface area contributed by atoms with Gasteiger partial charge in [0, 0.05) is 47.8 Å². The van der Waals surface area contributed by atoms with Crippen LogP contribution in [0.2, 0.25) is 0 Å². The lowest BCUT2D eigenvalue weighted by Gasteiger charge is -2.46. The summed E-state index contributed by atoms with van der Waals surface area (Å²) < 4.78 is 6.88. The summed E-state index contributed by atoms with van der Waals surface area (Å²) in [6.07, 6.45) is 4.66. The van der Waals surface area contributed by atoms with Crippen molar-refractivity contribution in [3.05, 3.63) is 98.3 Å². The zero-order chi connectivity index (χ0) is 31.4. The lowest BCUT2D eigenvalue weighted by Crippen LogP contribution is -2.63. The van der Waals surface area contributed by atoms with Gasteiger partial charge in [-0.1, -0.05) is 6.92 Å². The minimum absolute atomic E-state index is 0.0120. The molecule has 224 valence electrons. The van der Waals surface area contributed by atoms with Crippen LogP contribution in [0, 0.1) is 22.0 Å². The standard InChI is InChI=1S/C29H23N5O9S/c1-13-20(24(28(38)39)33-23(13)21(14(2)35)26(33)37)19-10-32-12-31-22(27(32)44-19)25(36)16-7-17(9-30-8-16)29(40)43-11-15-3-5-18(6-4-15)34(41)42/h3-10,12-14,21,23,35H,11H2,1-2H3,(H,38,39)/t13-,14+,21+,23+/m0/s1. The third-order valence-electron chi connectivity index (χ3n) is 7.82. The van der Waals surface area contributed by atoms with Gasteiger partial charge >= 0.3 is 11.9 Å². The molecule has 44 heavy (non-hydrogen) atoms. The molecule has 0 bridgehead atoms. The number of nitrogens with zero attached hydrogens (tertiary/aromatic N) is 5. The molecule has 4 aromatic rings. The first-order valence-corrected chi connectivity index (χ1v) is 14.1. The van der Waals surface area contributed by atoms with Crippen LogP contribution in [-0.2, 0) is 20.9 Å². The topological polar surface area (TPSA) is 195 Å². The van der Waals surface area contributed by atoms with Crippen LogP contribution in [0.5, 0.6) is 0 Å². The van der Waals surface area contributed by atoms with E-state index in [0.29, 0.717) is 20.8 Å². The summed E-state index contributed by atoms with van der Waals surface area (Å²) in [7, 11) is 0. The summed E-state index contributed by atoms with van der Waals surface area (Å²) in [5, 5.41) is 30.9. The van der Waals surface area contributed by atoms with Crippen molar-refractivity contribution in [1.82, 2.24) is 19.3 Å². The van der Waals surface area contributed by atoms with Crippen molar-refractivity contribution in [2.24, 2.45) is 11.8 Å². The zero-order valence-electron chi connectivity index (χ0n) is 23.1. The summed E-state index contributed by atoms with van der Waals surface area (Å²) >= 11 is 1.14. The number of hydrogen-bond acceptors (Lipinski definition) is 11. The van der Waals surface area contributed by atoms with Crippen molar-refractivity contribution < 1.29 is 39.1 Å². The Morgan fingerprint density at radius 2 is 1.89 bits per heavy atom. The Morgan fingerprint density at radius 1 is 1.18 bits per heavy atom. The number of carboxylic acids is 1. The third-order valence-corrected chi connectivity index (χ3v) is 8.96. The normalized spacial score (nSPS) is 19.9. The quantitative estimate of drug-likeness (QED) is 0.0921. The molecule has 2 N–H and O–H groups in total. The molecule has 14 nitrogen and oxygen atoms in total. The number of ketones is 1. The number of nitro groups is 1. The maximum Gasteiger partial charge on any atom is 0.352 e. The minimum atomic E-state index is -1.26. The molecule has 1 fully saturated rings. The molecule has 1 amide bonds. The van der Waals surface area contributed by atoms with Crippen LogP contribution < -0.4 is 0 Å². The Hall–Kier alpha value is -5.28. The number of non-ortho nitro benzene ring substituents is 1. The number of rotatable bonds is 9. The molecule has 2 aliphatic heterocycles. The Bertz CT molecular complexity index is 1910. The lowest BCUT2D eigenvalue weighted by molar-refractivity contribution is -0.384. The number of carbonyl (C=O) groups is 4. The molecule has 1 aromatic carbocycles. The van der Waals surface area contributed by atoms with Crippen LogP contribution in [-0.4, -0.2) is 70.2 Å². The van der Waals surface area contributed by atoms with Crippen molar-refractivity contribution in [3.63, 3.8) is 0 Å². The van der Waals surface area contributed by atoms with Gasteiger partial charge in [0.05, 0.1) is 33.4 Å². The molecule has 4 atom stereocenters. The smallest absolute Gasteiger partial charge is 0.352 e. The number of β-lactam (4-membered cyclic amide) rings is 1. The van der Waals surface area contributed by atoms with Crippen molar-refractivity contribution in [2.75, 3.05) is 0 Å². The van der Waals surface area contributed by atoms with Crippen molar-refractivity contribution in [3.8, 4) is 0 Å². The average molecular weight is 618 g/mol. The minimum Gasteiger partial charge on any atom is -0.477 e. The van der Waals surface area contributed by atoms with Crippen molar-refractivity contribution in [2.45, 2.75) is 32.6 Å². The molecule has 0 radical (unpaired) electrons. The molecule has 15 heteroatoms. The Labute approximate surface area is 252 Å². The second-order valence-electron chi connectivity index (χ2n) is 10.5. The Balaban J connectivity index is 1.24. The molecular weight excluding hydrogens is 594 g/mol. The Kier molecular flexibility index (Phi) is 7.05. The van der Waals surface area contributed by atoms with Gasteiger partial charge in [-0.05, 0) is 30.7 Å². The van der Waals surface area contributed by atoms with E-state index in [1.54, 1.807) is 10.6 Å². The number of thiazole rings is 1. The molecule has 0 unspecified atom stereocenters. The first-order chi connectivity index (χ1) is 21.0. The molecule has 5 heterocycles. The first-order valence-electron chi connectivity index (χ1n) is 13.3. The number of aliphatic hydroxyl groups excluding tert-OH is 1. The van der Waals surface area contributed by atoms with E-state index in [9.17, 15) is 39.5 Å². The van der Waals surface area contributed by atoms with Crippen LogP contribution in [0.1, 0.15) is 50.7 Å². The fraction of sp³-hybridized carbons (Fsp3) is 0.241. The van der Waals surface area contributed by atoms with Gasteiger partial charge < -0.3 is 19.8 Å². The molecular formula is C29H23N5O9S. The number of nitro benzene ring substituents is 1. The number of fused-ring (bicyclic) bond motifs is 2. The van der Waals surface area contributed by atoms with E-state index in [1.807, 2.05) is 6.92 Å². The molecule has 2 aliphatic rings. The molecule has 0 saturated carbocycles. The lowest BCUT2D eigenvalue weighted by atomic mass is 9.77. The van der Waals surface area contributed by atoms with E-state index in [4.69, 9.17) is 4.74 Å². The fourth-order valence-electron chi connectivity index (χ4n) is 5.73. The predicted molar refractivity (Wildman–Crippen MR) is 152 cm³/mol. The van der Waals surface area contributed by atoms with Crippen molar-refractivity contribution in [1.29, 1.82) is 0 Å². The maximum absolute atomic E-state index is 13.5. The molecule has 0 aliphatic carbocycles. The number of hydrogen-bond donors (Lipinski definition) is 2. The summed E-state index contributed by atoms with van der Waals surface area (Å²) in [4.78, 5) is 71.9. The van der Waals surface area contributed by atoms with Gasteiger partial charge in [-0.25, -0.2) is 14.6 Å². The highest BCUT2D eigenvalue weighted by Crippen LogP contribution is 2.51. The van der Waals surface area contributed by atoms with Crippen LogP contribution in [0.15, 0.2) is 60.9 Å². The third kappa shape index (κ3) is 4.62. The van der Waals surface area contributed by atoms with Crippen LogP contribution >= 0.6 is 11.3 Å². The van der Waals surface area contributed by atoms with E-state index in [1.165, 1.54) is 60.9 Å². The van der Waals surface area contributed by atoms with E-state index < -0.39 is 46.6 Å². The number of benzene rings is 1. The average Bonchev–Trinajstić information content (AvgIpc) is 3.65. The van der Waals surface area contributed by atoms with Crippen LogP contribution in [0.25, 0.3) is 10.4 Å². The summed E-state index contributed by atoms with van der Waals surface area (Å²) in [5.41, 5.74) is 0.876. The van der Waals surface area contributed by atoms with Crippen LogP contribution in [0.4, 0.5) is 5.69 Å². The summed E-state index contributed by atoms with van der Waals surface area (Å²) in [5.74, 6) is -4.07. The number of amides is 1. The number of aromatic nitrogens is 3. The van der Waals surface area contributed by atoms with Gasteiger partial charge in [0.2, 0.25) is 11.7 Å². The number of esters is 1. The molecule has 1 saturated heterocycles. The number of carbonyl (C=O) groups excluding carboxylic acids is 3. The zero-order valence-corrected chi connectivity index (χ0v) is 23.9. The SMILES string of the molecule is C[C@@H](O)[C@H]1C(=O)N2C(C(=O)O)=C(c3cn4cnc(C(=O)c5cncc(C(=O)OCc6ccc([N+](=O)[O-])cc6)c5)c4s3)[C@H](C)[C@H]12. The van der Waals surface area contributed by atoms with Gasteiger partial charge in [0.1, 0.15) is 29.2 Å². The van der Waals surface area contributed by atoms with Gasteiger partial charge in [-0.2, -0.15) is 0 Å². The van der Waals surface area contributed by atoms with E-state index in [0.717, 1.165) is 11.3 Å². The largest absolute Gasteiger partial charge is 0.477 e. The van der Waals surface area contributed by atoms with E-state index >= 15 is 0 Å². The van der Waals surface area contributed by atoms with E-state index in [2.05, 4.69) is 9.97 Å². The number of carboxylic acid groups (broad SMARTS) is 1. The highest BCUT2D eigenvalue weighted by atomic mass is 32.1. The monoisotopic (exact) mass is 617 g/mol. The molecule has 3 aromatic heterocycles. The number of imidazole rings is 1. The van der Waals surface area contributed by atoms with Crippen molar-refractivity contribution >= 4 is 51.1 Å². The fourth-order valence-corrected chi connectivity index (χ4v) is 6.95. The predicted octanol–water partition coefficient (Wildman–Crippen LogP) is 2.94. The van der Waals surface area contributed by atoms with Gasteiger partial charge in [0.25, 0.3) is 5.69 Å². The van der Waals surface area contributed by atoms with Gasteiger partial charge in [-0.3, -0.25) is 29.1 Å². The number of aliphatic carboxylic acids is 1. The number of aliphatic hydroxyl groups is 1. The highest BCUT2D eigenvalue weighted by molar-refractivity contribution is 7.18. The molecule has 0 spiro atoms.